The summed E-state index contributed by atoms with van der Waals surface area (Å²) in [6, 6.07) is 12.5. The van der Waals surface area contributed by atoms with E-state index in [2.05, 4.69) is 48.2 Å². The molecule has 1 aliphatic heterocycles. The van der Waals surface area contributed by atoms with Gasteiger partial charge >= 0.3 is 5.97 Å². The van der Waals surface area contributed by atoms with E-state index in [1.165, 1.54) is 20.9 Å². The van der Waals surface area contributed by atoms with Crippen LogP contribution in [0.2, 0.25) is 0 Å². The summed E-state index contributed by atoms with van der Waals surface area (Å²) < 4.78 is 0. The van der Waals surface area contributed by atoms with Gasteiger partial charge in [-0.3, -0.25) is 9.69 Å². The smallest absolute Gasteiger partial charge is 0.320 e. The minimum absolute atomic E-state index is 0.310. The number of rotatable bonds is 4. The fraction of sp³-hybridized carbons (Fsp3) is 0.353. The average molecular weight is 301 g/mol. The molecule has 110 valence electrons. The molecule has 0 bridgehead atoms. The summed E-state index contributed by atoms with van der Waals surface area (Å²) >= 11 is 1.76. The molecular formula is C17H19NO2S. The van der Waals surface area contributed by atoms with E-state index in [-0.39, 0.29) is 6.04 Å². The Morgan fingerprint density at radius 2 is 2.05 bits per heavy atom. The zero-order chi connectivity index (χ0) is 14.8. The second-order valence-electron chi connectivity index (χ2n) is 5.60. The van der Waals surface area contributed by atoms with E-state index < -0.39 is 5.97 Å². The van der Waals surface area contributed by atoms with Crippen molar-refractivity contribution in [2.45, 2.75) is 32.4 Å². The van der Waals surface area contributed by atoms with Gasteiger partial charge in [-0.1, -0.05) is 29.8 Å². The highest BCUT2D eigenvalue weighted by Gasteiger charge is 2.30. The third kappa shape index (κ3) is 3.17. The highest BCUT2D eigenvalue weighted by Crippen LogP contribution is 2.30. The maximum absolute atomic E-state index is 11.2. The molecule has 3 nitrogen and oxygen atoms in total. The molecule has 1 saturated heterocycles. The molecule has 0 aliphatic carbocycles. The first-order chi connectivity index (χ1) is 10.1. The Bertz CT molecular complexity index is 632. The summed E-state index contributed by atoms with van der Waals surface area (Å²) in [5.74, 6) is -0.692. The van der Waals surface area contributed by atoms with Crippen molar-refractivity contribution in [3.05, 3.63) is 46.8 Å². The number of benzene rings is 1. The highest BCUT2D eigenvalue weighted by molar-refractivity contribution is 7.15. The second kappa shape index (κ2) is 6.00. The Kier molecular flexibility index (Phi) is 4.08. The number of thiophene rings is 1. The maximum Gasteiger partial charge on any atom is 0.320 e. The van der Waals surface area contributed by atoms with E-state index in [0.29, 0.717) is 0 Å². The Morgan fingerprint density at radius 1 is 1.29 bits per heavy atom. The van der Waals surface area contributed by atoms with Crippen molar-refractivity contribution in [2.75, 3.05) is 6.54 Å². The lowest BCUT2D eigenvalue weighted by Gasteiger charge is -2.19. The van der Waals surface area contributed by atoms with E-state index in [1.54, 1.807) is 11.3 Å². The molecule has 2 aromatic rings. The topological polar surface area (TPSA) is 40.5 Å². The second-order valence-corrected chi connectivity index (χ2v) is 6.77. The van der Waals surface area contributed by atoms with Crippen LogP contribution in [-0.2, 0) is 11.3 Å². The number of carboxylic acid groups (broad SMARTS) is 1. The predicted octanol–water partition coefficient (Wildman–Crippen LogP) is 3.77. The largest absolute Gasteiger partial charge is 0.480 e. The molecule has 1 aromatic carbocycles. The number of nitrogens with zero attached hydrogens (tertiary/aromatic N) is 1. The number of aryl methyl sites for hydroxylation is 1. The number of hydrogen-bond donors (Lipinski definition) is 1. The van der Waals surface area contributed by atoms with Crippen LogP contribution in [-0.4, -0.2) is 28.6 Å². The van der Waals surface area contributed by atoms with Crippen LogP contribution < -0.4 is 0 Å². The molecular weight excluding hydrogens is 282 g/mol. The van der Waals surface area contributed by atoms with Crippen LogP contribution in [0.1, 0.15) is 23.3 Å². The minimum atomic E-state index is -0.692. The summed E-state index contributed by atoms with van der Waals surface area (Å²) in [6.07, 6.45) is 1.75. The van der Waals surface area contributed by atoms with E-state index in [0.717, 1.165) is 25.9 Å². The molecule has 1 N–H and O–H groups in total. The molecule has 1 aromatic heterocycles. The van der Waals surface area contributed by atoms with Gasteiger partial charge in [0.25, 0.3) is 0 Å². The standard InChI is InChI=1S/C17H19NO2S/c1-12-4-6-13(7-5-12)16-9-8-14(21-16)11-18-10-2-3-15(18)17(19)20/h4-9,15H,2-3,10-11H2,1H3,(H,19,20)/t15-/m1/s1. The van der Waals surface area contributed by atoms with Crippen molar-refractivity contribution in [3.8, 4) is 10.4 Å². The molecule has 0 radical (unpaired) electrons. The van der Waals surface area contributed by atoms with Crippen LogP contribution in [0.25, 0.3) is 10.4 Å². The summed E-state index contributed by atoms with van der Waals surface area (Å²) in [5.41, 5.74) is 2.49. The summed E-state index contributed by atoms with van der Waals surface area (Å²) in [4.78, 5) is 15.8. The monoisotopic (exact) mass is 301 g/mol. The van der Waals surface area contributed by atoms with E-state index >= 15 is 0 Å². The van der Waals surface area contributed by atoms with Gasteiger partial charge in [-0.2, -0.15) is 0 Å². The van der Waals surface area contributed by atoms with Crippen LogP contribution in [0, 0.1) is 6.92 Å². The molecule has 1 aliphatic rings. The number of carbonyl (C=O) groups is 1. The molecule has 0 unspecified atom stereocenters. The quantitative estimate of drug-likeness (QED) is 0.934. The maximum atomic E-state index is 11.2. The molecule has 0 saturated carbocycles. The van der Waals surface area contributed by atoms with Gasteiger partial charge in [0, 0.05) is 16.3 Å². The first kappa shape index (κ1) is 14.3. The first-order valence-corrected chi connectivity index (χ1v) is 8.08. The lowest BCUT2D eigenvalue weighted by molar-refractivity contribution is -0.142. The molecule has 3 rings (SSSR count). The van der Waals surface area contributed by atoms with Crippen molar-refractivity contribution < 1.29 is 9.90 Å². The number of likely N-dealkylation sites (tertiary alicyclic amines) is 1. The summed E-state index contributed by atoms with van der Waals surface area (Å²) in [5, 5.41) is 9.23. The summed E-state index contributed by atoms with van der Waals surface area (Å²) in [6.45, 7) is 3.71. The normalized spacial score (nSPS) is 19.0. The Labute approximate surface area is 128 Å². The lowest BCUT2D eigenvalue weighted by atomic mass is 10.1. The van der Waals surface area contributed by atoms with Gasteiger partial charge in [-0.05, 0) is 44.0 Å². The van der Waals surface area contributed by atoms with Gasteiger partial charge < -0.3 is 5.11 Å². The van der Waals surface area contributed by atoms with Crippen LogP contribution in [0.5, 0.6) is 0 Å². The van der Waals surface area contributed by atoms with Crippen LogP contribution in [0.3, 0.4) is 0 Å². The van der Waals surface area contributed by atoms with Gasteiger partial charge in [0.05, 0.1) is 0 Å². The van der Waals surface area contributed by atoms with Crippen molar-refractivity contribution in [3.63, 3.8) is 0 Å². The fourth-order valence-electron chi connectivity index (χ4n) is 2.83. The lowest BCUT2D eigenvalue weighted by Crippen LogP contribution is -2.35. The number of hydrogen-bond acceptors (Lipinski definition) is 3. The van der Waals surface area contributed by atoms with E-state index in [1.807, 2.05) is 0 Å². The molecule has 1 fully saturated rings. The third-order valence-electron chi connectivity index (χ3n) is 4.01. The number of carboxylic acids is 1. The molecule has 0 amide bonds. The third-order valence-corrected chi connectivity index (χ3v) is 5.12. The van der Waals surface area contributed by atoms with Crippen LogP contribution in [0.15, 0.2) is 36.4 Å². The summed E-state index contributed by atoms with van der Waals surface area (Å²) in [7, 11) is 0. The molecule has 1 atom stereocenters. The van der Waals surface area contributed by atoms with Crippen molar-refractivity contribution >= 4 is 17.3 Å². The van der Waals surface area contributed by atoms with Gasteiger partial charge in [-0.15, -0.1) is 11.3 Å². The Balaban J connectivity index is 1.73. The first-order valence-electron chi connectivity index (χ1n) is 7.26. The molecule has 21 heavy (non-hydrogen) atoms. The van der Waals surface area contributed by atoms with Crippen LogP contribution in [0.4, 0.5) is 0 Å². The Morgan fingerprint density at radius 3 is 2.76 bits per heavy atom. The van der Waals surface area contributed by atoms with Crippen LogP contribution >= 0.6 is 11.3 Å². The number of aliphatic carboxylic acids is 1. The van der Waals surface area contributed by atoms with Crippen molar-refractivity contribution in [1.82, 2.24) is 4.90 Å². The van der Waals surface area contributed by atoms with Gasteiger partial charge in [0.2, 0.25) is 0 Å². The van der Waals surface area contributed by atoms with Gasteiger partial charge in [0.15, 0.2) is 0 Å². The van der Waals surface area contributed by atoms with E-state index in [4.69, 9.17) is 0 Å². The zero-order valence-corrected chi connectivity index (χ0v) is 12.9. The SMILES string of the molecule is Cc1ccc(-c2ccc(CN3CCC[C@@H]3C(=O)O)s2)cc1. The van der Waals surface area contributed by atoms with Crippen molar-refractivity contribution in [2.24, 2.45) is 0 Å². The fourth-order valence-corrected chi connectivity index (χ4v) is 3.87. The Hall–Kier alpha value is -1.65. The zero-order valence-electron chi connectivity index (χ0n) is 12.1. The molecule has 2 heterocycles. The minimum Gasteiger partial charge on any atom is -0.480 e. The molecule has 4 heteroatoms. The van der Waals surface area contributed by atoms with E-state index in [9.17, 15) is 9.90 Å². The van der Waals surface area contributed by atoms with Crippen molar-refractivity contribution in [1.29, 1.82) is 0 Å². The van der Waals surface area contributed by atoms with Gasteiger partial charge in [0.1, 0.15) is 6.04 Å². The molecule has 0 spiro atoms. The average Bonchev–Trinajstić information content (AvgIpc) is 3.09. The predicted molar refractivity (Wildman–Crippen MR) is 85.6 cm³/mol. The van der Waals surface area contributed by atoms with Gasteiger partial charge in [-0.25, -0.2) is 0 Å². The highest BCUT2D eigenvalue weighted by atomic mass is 32.1.